The van der Waals surface area contributed by atoms with Crippen LogP contribution in [-0.4, -0.2) is 20.7 Å². The number of benzene rings is 2. The molecule has 0 spiro atoms. The van der Waals surface area contributed by atoms with Crippen LogP contribution in [-0.2, 0) is 0 Å². The van der Waals surface area contributed by atoms with Gasteiger partial charge in [-0.05, 0) is 47.4 Å². The SMILES string of the molecule is C=C(c1ccc(OCCCCC)cc1)c1ccc(N(C)C)cc1. The Morgan fingerprint density at radius 3 is 2.00 bits per heavy atom. The van der Waals surface area contributed by atoms with Gasteiger partial charge < -0.3 is 9.64 Å². The van der Waals surface area contributed by atoms with Gasteiger partial charge in [0.1, 0.15) is 5.75 Å². The zero-order valence-corrected chi connectivity index (χ0v) is 14.5. The van der Waals surface area contributed by atoms with Gasteiger partial charge in [-0.25, -0.2) is 0 Å². The number of rotatable bonds is 8. The number of anilines is 1. The third-order valence-corrected chi connectivity index (χ3v) is 3.95. The second-order valence-electron chi connectivity index (χ2n) is 6.00. The molecule has 23 heavy (non-hydrogen) atoms. The third kappa shape index (κ3) is 4.88. The summed E-state index contributed by atoms with van der Waals surface area (Å²) in [7, 11) is 4.09. The monoisotopic (exact) mass is 309 g/mol. The van der Waals surface area contributed by atoms with Crippen molar-refractivity contribution in [1.82, 2.24) is 0 Å². The highest BCUT2D eigenvalue weighted by molar-refractivity contribution is 5.78. The van der Waals surface area contributed by atoms with E-state index < -0.39 is 0 Å². The molecular weight excluding hydrogens is 282 g/mol. The largest absolute Gasteiger partial charge is 0.494 e. The van der Waals surface area contributed by atoms with Crippen molar-refractivity contribution < 1.29 is 4.74 Å². The lowest BCUT2D eigenvalue weighted by Gasteiger charge is -2.14. The molecule has 0 fully saturated rings. The predicted molar refractivity (Wildman–Crippen MR) is 100 cm³/mol. The summed E-state index contributed by atoms with van der Waals surface area (Å²) in [4.78, 5) is 2.09. The maximum Gasteiger partial charge on any atom is 0.119 e. The van der Waals surface area contributed by atoms with Gasteiger partial charge in [-0.2, -0.15) is 0 Å². The molecule has 0 saturated carbocycles. The fourth-order valence-corrected chi connectivity index (χ4v) is 2.42. The Balaban J connectivity index is 1.99. The summed E-state index contributed by atoms with van der Waals surface area (Å²) in [6, 6.07) is 16.7. The van der Waals surface area contributed by atoms with E-state index in [1.807, 2.05) is 26.2 Å². The van der Waals surface area contributed by atoms with Crippen molar-refractivity contribution in [2.75, 3.05) is 25.6 Å². The number of hydrogen-bond acceptors (Lipinski definition) is 2. The van der Waals surface area contributed by atoms with Crippen LogP contribution in [0.1, 0.15) is 37.3 Å². The van der Waals surface area contributed by atoms with Gasteiger partial charge in [0.2, 0.25) is 0 Å². The van der Waals surface area contributed by atoms with Gasteiger partial charge in [0.25, 0.3) is 0 Å². The molecule has 2 nitrogen and oxygen atoms in total. The Labute approximate surface area is 140 Å². The van der Waals surface area contributed by atoms with E-state index in [1.165, 1.54) is 18.5 Å². The molecule has 2 rings (SSSR count). The number of ether oxygens (including phenoxy) is 1. The Bertz CT molecular complexity index is 611. The smallest absolute Gasteiger partial charge is 0.119 e. The van der Waals surface area contributed by atoms with E-state index in [1.54, 1.807) is 0 Å². The summed E-state index contributed by atoms with van der Waals surface area (Å²) in [6.07, 6.45) is 3.55. The highest BCUT2D eigenvalue weighted by Gasteiger charge is 2.04. The predicted octanol–water partition coefficient (Wildman–Crippen LogP) is 5.38. The normalized spacial score (nSPS) is 10.4. The molecule has 0 unspecified atom stereocenters. The van der Waals surface area contributed by atoms with Crippen LogP contribution in [0, 0.1) is 0 Å². The maximum atomic E-state index is 5.76. The minimum Gasteiger partial charge on any atom is -0.494 e. The van der Waals surface area contributed by atoms with Crippen molar-refractivity contribution in [2.45, 2.75) is 26.2 Å². The van der Waals surface area contributed by atoms with E-state index in [2.05, 4.69) is 54.8 Å². The quantitative estimate of drug-likeness (QED) is 0.607. The molecule has 2 heteroatoms. The minimum atomic E-state index is 0.792. The summed E-state index contributed by atoms with van der Waals surface area (Å²) in [6.45, 7) is 7.22. The summed E-state index contributed by atoms with van der Waals surface area (Å²) in [5, 5.41) is 0. The van der Waals surface area contributed by atoms with E-state index in [0.717, 1.165) is 35.5 Å². The Morgan fingerprint density at radius 2 is 1.48 bits per heavy atom. The third-order valence-electron chi connectivity index (χ3n) is 3.95. The van der Waals surface area contributed by atoms with Gasteiger partial charge in [0.05, 0.1) is 6.61 Å². The lowest BCUT2D eigenvalue weighted by atomic mass is 9.99. The van der Waals surface area contributed by atoms with Gasteiger partial charge in [-0.3, -0.25) is 0 Å². The summed E-state index contributed by atoms with van der Waals surface area (Å²) < 4.78 is 5.76. The fourth-order valence-electron chi connectivity index (χ4n) is 2.42. The van der Waals surface area contributed by atoms with Crippen LogP contribution in [0.25, 0.3) is 5.57 Å². The first-order valence-corrected chi connectivity index (χ1v) is 8.31. The van der Waals surface area contributed by atoms with Crippen LogP contribution >= 0.6 is 0 Å². The first-order chi connectivity index (χ1) is 11.1. The average Bonchev–Trinajstić information content (AvgIpc) is 2.59. The van der Waals surface area contributed by atoms with E-state index >= 15 is 0 Å². The molecule has 0 aliphatic rings. The molecule has 0 aromatic heterocycles. The zero-order chi connectivity index (χ0) is 16.7. The van der Waals surface area contributed by atoms with Crippen molar-refractivity contribution in [3.63, 3.8) is 0 Å². The van der Waals surface area contributed by atoms with Gasteiger partial charge in [0, 0.05) is 19.8 Å². The molecule has 2 aromatic carbocycles. The van der Waals surface area contributed by atoms with Gasteiger partial charge in [0.15, 0.2) is 0 Å². The van der Waals surface area contributed by atoms with Gasteiger partial charge in [-0.1, -0.05) is 50.6 Å². The Hall–Kier alpha value is -2.22. The van der Waals surface area contributed by atoms with E-state index in [0.29, 0.717) is 0 Å². The van der Waals surface area contributed by atoms with Crippen LogP contribution < -0.4 is 9.64 Å². The molecule has 0 radical (unpaired) electrons. The van der Waals surface area contributed by atoms with Crippen LogP contribution in [0.3, 0.4) is 0 Å². The van der Waals surface area contributed by atoms with Crippen LogP contribution in [0.4, 0.5) is 5.69 Å². The molecule has 0 aliphatic heterocycles. The molecule has 0 amide bonds. The van der Waals surface area contributed by atoms with Crippen molar-refractivity contribution >= 4 is 11.3 Å². The molecule has 0 heterocycles. The molecule has 2 aromatic rings. The number of unbranched alkanes of at least 4 members (excludes halogenated alkanes) is 2. The van der Waals surface area contributed by atoms with Crippen LogP contribution in [0.2, 0.25) is 0 Å². The van der Waals surface area contributed by atoms with Crippen LogP contribution in [0.15, 0.2) is 55.1 Å². The summed E-state index contributed by atoms with van der Waals surface area (Å²) >= 11 is 0. The Morgan fingerprint density at radius 1 is 0.913 bits per heavy atom. The summed E-state index contributed by atoms with van der Waals surface area (Å²) in [5.41, 5.74) is 4.50. The van der Waals surface area contributed by atoms with E-state index in [4.69, 9.17) is 4.74 Å². The number of hydrogen-bond donors (Lipinski definition) is 0. The van der Waals surface area contributed by atoms with Crippen molar-refractivity contribution in [3.8, 4) is 5.75 Å². The lowest BCUT2D eigenvalue weighted by Crippen LogP contribution is -2.08. The molecule has 0 aliphatic carbocycles. The molecule has 122 valence electrons. The molecule has 0 saturated heterocycles. The topological polar surface area (TPSA) is 12.5 Å². The highest BCUT2D eigenvalue weighted by atomic mass is 16.5. The van der Waals surface area contributed by atoms with Crippen molar-refractivity contribution in [3.05, 3.63) is 66.2 Å². The van der Waals surface area contributed by atoms with Crippen molar-refractivity contribution in [2.24, 2.45) is 0 Å². The second-order valence-corrected chi connectivity index (χ2v) is 6.00. The lowest BCUT2D eigenvalue weighted by molar-refractivity contribution is 0.306. The highest BCUT2D eigenvalue weighted by Crippen LogP contribution is 2.25. The van der Waals surface area contributed by atoms with Crippen molar-refractivity contribution in [1.29, 1.82) is 0 Å². The van der Waals surface area contributed by atoms with Crippen LogP contribution in [0.5, 0.6) is 5.75 Å². The minimum absolute atomic E-state index is 0.792. The van der Waals surface area contributed by atoms with E-state index in [9.17, 15) is 0 Å². The fraction of sp³-hybridized carbons (Fsp3) is 0.333. The first kappa shape index (κ1) is 17.1. The van der Waals surface area contributed by atoms with Gasteiger partial charge >= 0.3 is 0 Å². The molecule has 0 bridgehead atoms. The average molecular weight is 309 g/mol. The maximum absolute atomic E-state index is 5.76. The zero-order valence-electron chi connectivity index (χ0n) is 14.5. The van der Waals surface area contributed by atoms with Gasteiger partial charge in [-0.15, -0.1) is 0 Å². The molecular formula is C21H27NO. The molecule has 0 atom stereocenters. The number of nitrogens with zero attached hydrogens (tertiary/aromatic N) is 1. The molecule has 0 N–H and O–H groups in total. The first-order valence-electron chi connectivity index (χ1n) is 8.31. The second kappa shape index (κ2) is 8.42. The summed E-state index contributed by atoms with van der Waals surface area (Å²) in [5.74, 6) is 0.931. The standard InChI is InChI=1S/C21H27NO/c1-5-6-7-16-23-21-14-10-19(11-15-21)17(2)18-8-12-20(13-9-18)22(3)4/h8-15H,2,5-7,16H2,1,3-4H3. The van der Waals surface area contributed by atoms with E-state index in [-0.39, 0.29) is 0 Å². The Kier molecular flexibility index (Phi) is 6.28.